The fourth-order valence-corrected chi connectivity index (χ4v) is 0.643. The Kier molecular flexibility index (Phi) is 3.15. The van der Waals surface area contributed by atoms with Crippen molar-refractivity contribution in [1.29, 1.82) is 0 Å². The second kappa shape index (κ2) is 3.18. The number of nitrogens with two attached hydrogens (primary N) is 1. The first-order valence-corrected chi connectivity index (χ1v) is 3.35. The van der Waals surface area contributed by atoms with Crippen LogP contribution < -0.4 is 5.73 Å². The van der Waals surface area contributed by atoms with Crippen LogP contribution in [0.5, 0.6) is 0 Å². The summed E-state index contributed by atoms with van der Waals surface area (Å²) in [5.41, 5.74) is 5.56. The van der Waals surface area contributed by atoms with Crippen LogP contribution >= 0.6 is 0 Å². The van der Waals surface area contributed by atoms with E-state index in [1.807, 2.05) is 13.8 Å². The average molecular weight is 131 g/mol. The van der Waals surface area contributed by atoms with Crippen LogP contribution in [-0.2, 0) is 4.74 Å². The molecule has 2 heteroatoms. The largest absolute Gasteiger partial charge is 0.377 e. The summed E-state index contributed by atoms with van der Waals surface area (Å²) in [7, 11) is 1.69. The highest BCUT2D eigenvalue weighted by molar-refractivity contribution is 4.80. The van der Waals surface area contributed by atoms with E-state index in [0.29, 0.717) is 0 Å². The minimum Gasteiger partial charge on any atom is -0.377 e. The minimum absolute atomic E-state index is 0.141. The van der Waals surface area contributed by atoms with E-state index in [9.17, 15) is 0 Å². The molecule has 0 amide bonds. The van der Waals surface area contributed by atoms with Crippen LogP contribution in [0.1, 0.15) is 27.2 Å². The van der Waals surface area contributed by atoms with Crippen LogP contribution in [0, 0.1) is 0 Å². The number of ether oxygens (including phenoxy) is 1. The van der Waals surface area contributed by atoms with Crippen LogP contribution in [0.15, 0.2) is 0 Å². The molecule has 0 saturated carbocycles. The molecule has 0 heterocycles. The van der Waals surface area contributed by atoms with Gasteiger partial charge in [0.15, 0.2) is 0 Å². The molecule has 0 saturated heterocycles. The number of methoxy groups -OCH3 is 1. The van der Waals surface area contributed by atoms with Crippen molar-refractivity contribution in [3.8, 4) is 0 Å². The fraction of sp³-hybridized carbons (Fsp3) is 1.00. The molecule has 2 N–H and O–H groups in total. The van der Waals surface area contributed by atoms with Crippen LogP contribution in [0.3, 0.4) is 0 Å². The normalized spacial score (nSPS) is 15.7. The van der Waals surface area contributed by atoms with E-state index in [1.165, 1.54) is 0 Å². The summed E-state index contributed by atoms with van der Waals surface area (Å²) >= 11 is 0. The third kappa shape index (κ3) is 2.33. The van der Waals surface area contributed by atoms with Crippen molar-refractivity contribution in [2.75, 3.05) is 7.11 Å². The summed E-state index contributed by atoms with van der Waals surface area (Å²) in [6.07, 6.45) is 0.959. The Labute approximate surface area is 57.4 Å². The Hall–Kier alpha value is -0.0800. The molecule has 9 heavy (non-hydrogen) atoms. The number of rotatable bonds is 3. The molecule has 0 fully saturated rings. The lowest BCUT2D eigenvalue weighted by Gasteiger charge is -2.28. The molecule has 0 bridgehead atoms. The van der Waals surface area contributed by atoms with Gasteiger partial charge in [0.2, 0.25) is 0 Å². The maximum atomic E-state index is 5.74. The molecule has 0 aromatic carbocycles. The summed E-state index contributed by atoms with van der Waals surface area (Å²) in [6.45, 7) is 6.06. The maximum absolute atomic E-state index is 5.74. The van der Waals surface area contributed by atoms with Gasteiger partial charge in [-0.2, -0.15) is 0 Å². The SMILES string of the molecule is CC[C@@H](N)C(C)(C)OC. The second-order valence-corrected chi connectivity index (χ2v) is 2.82. The summed E-state index contributed by atoms with van der Waals surface area (Å²) in [5, 5.41) is 0. The Morgan fingerprint density at radius 2 is 2.00 bits per heavy atom. The Morgan fingerprint density at radius 3 is 2.11 bits per heavy atom. The molecule has 0 aliphatic rings. The molecule has 1 atom stereocenters. The van der Waals surface area contributed by atoms with E-state index in [2.05, 4.69) is 6.92 Å². The Bertz CT molecular complexity index is 81.0. The topological polar surface area (TPSA) is 35.2 Å². The number of hydrogen-bond donors (Lipinski definition) is 1. The highest BCUT2D eigenvalue weighted by atomic mass is 16.5. The van der Waals surface area contributed by atoms with Gasteiger partial charge in [0.05, 0.1) is 5.60 Å². The lowest BCUT2D eigenvalue weighted by Crippen LogP contribution is -2.43. The van der Waals surface area contributed by atoms with E-state index in [1.54, 1.807) is 7.11 Å². The van der Waals surface area contributed by atoms with Crippen molar-refractivity contribution in [1.82, 2.24) is 0 Å². The van der Waals surface area contributed by atoms with Gasteiger partial charge in [-0.05, 0) is 20.3 Å². The van der Waals surface area contributed by atoms with Crippen LogP contribution in [0.2, 0.25) is 0 Å². The van der Waals surface area contributed by atoms with Gasteiger partial charge in [0.1, 0.15) is 0 Å². The summed E-state index contributed by atoms with van der Waals surface area (Å²) in [5.74, 6) is 0. The summed E-state index contributed by atoms with van der Waals surface area (Å²) in [6, 6.07) is 0.141. The van der Waals surface area contributed by atoms with Gasteiger partial charge in [-0.1, -0.05) is 6.92 Å². The molecule has 0 spiro atoms. The van der Waals surface area contributed by atoms with Crippen molar-refractivity contribution >= 4 is 0 Å². The summed E-state index contributed by atoms with van der Waals surface area (Å²) < 4.78 is 5.17. The molecular formula is C7H17NO. The summed E-state index contributed by atoms with van der Waals surface area (Å²) in [4.78, 5) is 0. The van der Waals surface area contributed by atoms with Gasteiger partial charge < -0.3 is 10.5 Å². The van der Waals surface area contributed by atoms with Gasteiger partial charge in [-0.25, -0.2) is 0 Å². The van der Waals surface area contributed by atoms with Crippen molar-refractivity contribution < 1.29 is 4.74 Å². The zero-order valence-corrected chi connectivity index (χ0v) is 6.77. The van der Waals surface area contributed by atoms with Crippen molar-refractivity contribution in [2.45, 2.75) is 38.8 Å². The molecular weight excluding hydrogens is 114 g/mol. The number of hydrogen-bond acceptors (Lipinski definition) is 2. The quantitative estimate of drug-likeness (QED) is 0.623. The first-order chi connectivity index (χ1) is 4.04. The highest BCUT2D eigenvalue weighted by Gasteiger charge is 2.23. The second-order valence-electron chi connectivity index (χ2n) is 2.82. The lowest BCUT2D eigenvalue weighted by atomic mass is 9.97. The molecule has 0 radical (unpaired) electrons. The third-order valence-corrected chi connectivity index (χ3v) is 1.86. The van der Waals surface area contributed by atoms with Gasteiger partial charge in [-0.3, -0.25) is 0 Å². The van der Waals surface area contributed by atoms with Gasteiger partial charge >= 0.3 is 0 Å². The zero-order chi connectivity index (χ0) is 7.49. The first kappa shape index (κ1) is 8.92. The average Bonchev–Trinajstić information content (AvgIpc) is 1.86. The van der Waals surface area contributed by atoms with E-state index >= 15 is 0 Å². The predicted molar refractivity (Wildman–Crippen MR) is 39.4 cm³/mol. The predicted octanol–water partition coefficient (Wildman–Crippen LogP) is 1.15. The molecule has 0 aliphatic carbocycles. The van der Waals surface area contributed by atoms with E-state index in [0.717, 1.165) is 6.42 Å². The minimum atomic E-state index is -0.172. The monoisotopic (exact) mass is 131 g/mol. The molecule has 2 nitrogen and oxygen atoms in total. The molecule has 0 aromatic heterocycles. The molecule has 0 aliphatic heterocycles. The van der Waals surface area contributed by atoms with Crippen LogP contribution in [0.4, 0.5) is 0 Å². The molecule has 0 rings (SSSR count). The fourth-order valence-electron chi connectivity index (χ4n) is 0.643. The van der Waals surface area contributed by atoms with Crippen LogP contribution in [0.25, 0.3) is 0 Å². The standard InChI is InChI=1S/C7H17NO/c1-5-6(8)7(2,3)9-4/h6H,5,8H2,1-4H3/t6-/m1/s1. The smallest absolute Gasteiger partial charge is 0.0772 e. The van der Waals surface area contributed by atoms with Gasteiger partial charge in [0.25, 0.3) is 0 Å². The van der Waals surface area contributed by atoms with Gasteiger partial charge in [0, 0.05) is 13.2 Å². The highest BCUT2D eigenvalue weighted by Crippen LogP contribution is 2.13. The molecule has 0 unspecified atom stereocenters. The molecule has 0 aromatic rings. The van der Waals surface area contributed by atoms with E-state index < -0.39 is 0 Å². The van der Waals surface area contributed by atoms with Gasteiger partial charge in [-0.15, -0.1) is 0 Å². The van der Waals surface area contributed by atoms with Crippen molar-refractivity contribution in [3.05, 3.63) is 0 Å². The van der Waals surface area contributed by atoms with Crippen molar-refractivity contribution in [2.24, 2.45) is 5.73 Å². The Morgan fingerprint density at radius 1 is 1.56 bits per heavy atom. The third-order valence-electron chi connectivity index (χ3n) is 1.86. The molecule has 56 valence electrons. The zero-order valence-electron chi connectivity index (χ0n) is 6.77. The lowest BCUT2D eigenvalue weighted by molar-refractivity contribution is -0.000186. The first-order valence-electron chi connectivity index (χ1n) is 3.35. The van der Waals surface area contributed by atoms with Crippen LogP contribution in [-0.4, -0.2) is 18.8 Å². The van der Waals surface area contributed by atoms with E-state index in [4.69, 9.17) is 10.5 Å². The Balaban J connectivity index is 3.80. The van der Waals surface area contributed by atoms with Crippen molar-refractivity contribution in [3.63, 3.8) is 0 Å². The maximum Gasteiger partial charge on any atom is 0.0772 e. The van der Waals surface area contributed by atoms with E-state index in [-0.39, 0.29) is 11.6 Å².